The lowest BCUT2D eigenvalue weighted by molar-refractivity contribution is -0.152. The van der Waals surface area contributed by atoms with E-state index < -0.39 is 11.4 Å². The first kappa shape index (κ1) is 34.8. The van der Waals surface area contributed by atoms with Crippen LogP contribution in [0.3, 0.4) is 0 Å². The van der Waals surface area contributed by atoms with Crippen molar-refractivity contribution in [1.29, 1.82) is 0 Å². The zero-order chi connectivity index (χ0) is 34.3. The van der Waals surface area contributed by atoms with Gasteiger partial charge in [-0.1, -0.05) is 89.6 Å². The second kappa shape index (κ2) is 15.2. The van der Waals surface area contributed by atoms with E-state index in [4.69, 9.17) is 26.6 Å². The van der Waals surface area contributed by atoms with Crippen LogP contribution in [-0.2, 0) is 17.8 Å². The summed E-state index contributed by atoms with van der Waals surface area (Å²) in [6.45, 7) is 8.10. The van der Waals surface area contributed by atoms with Gasteiger partial charge in [-0.2, -0.15) is 4.98 Å². The molecule has 1 aliphatic heterocycles. The van der Waals surface area contributed by atoms with Gasteiger partial charge in [0.1, 0.15) is 5.75 Å². The third kappa shape index (κ3) is 9.10. The number of benzene rings is 4. The summed E-state index contributed by atoms with van der Waals surface area (Å²) in [5.74, 6) is 0.965. The first-order valence-electron chi connectivity index (χ1n) is 16.1. The number of rotatable bonds is 9. The third-order valence-electron chi connectivity index (χ3n) is 8.31. The van der Waals surface area contributed by atoms with E-state index in [0.29, 0.717) is 36.0 Å². The maximum Gasteiger partial charge on any atom is 0.310 e. The van der Waals surface area contributed by atoms with Crippen LogP contribution < -0.4 is 10.5 Å². The quantitative estimate of drug-likeness (QED) is 0.161. The molecule has 6 rings (SSSR count). The fourth-order valence-electron chi connectivity index (χ4n) is 5.71. The Kier molecular flexibility index (Phi) is 11.0. The predicted molar refractivity (Wildman–Crippen MR) is 191 cm³/mol. The molecule has 48 heavy (non-hydrogen) atoms. The van der Waals surface area contributed by atoms with E-state index in [2.05, 4.69) is 27.2 Å². The lowest BCUT2D eigenvalue weighted by Crippen LogP contribution is -2.45. The molecular weight excluding hydrogens is 624 g/mol. The van der Waals surface area contributed by atoms with Gasteiger partial charge >= 0.3 is 5.97 Å². The summed E-state index contributed by atoms with van der Waals surface area (Å²) < 4.78 is 10.8. The number of likely N-dealkylation sites (tertiary alicyclic amines) is 1. The van der Waals surface area contributed by atoms with Crippen LogP contribution in [0.15, 0.2) is 102 Å². The zero-order valence-electron chi connectivity index (χ0n) is 27.9. The van der Waals surface area contributed by atoms with Crippen molar-refractivity contribution in [1.82, 2.24) is 15.0 Å². The van der Waals surface area contributed by atoms with Crippen molar-refractivity contribution < 1.29 is 19.2 Å². The average molecular weight is 667 g/mol. The Morgan fingerprint density at radius 3 is 2.10 bits per heavy atom. The number of carboxylic acids is 1. The standard InChI is InChI=1S/C35H32ClN3O4.C4H11N/c1-42-29-14-9-24(10-15-29)22-35(34(40)41)17-19-39(20-18-35)23-25-7-11-27(12-8-25)32-37-33(43-38-32)28-13-16-30(31(36)21-28)26-5-3-2-4-6-26;1-4(2,3)5/h2-16,21H,17-20,22-23H2,1H3,(H,40,41);5H2,1-3H3. The van der Waals surface area contributed by atoms with Crippen LogP contribution in [0.4, 0.5) is 0 Å². The van der Waals surface area contributed by atoms with Crippen LogP contribution in [0, 0.1) is 5.41 Å². The van der Waals surface area contributed by atoms with Gasteiger partial charge in [0.15, 0.2) is 0 Å². The Morgan fingerprint density at radius 1 is 0.917 bits per heavy atom. The van der Waals surface area contributed by atoms with E-state index >= 15 is 0 Å². The Labute approximate surface area is 287 Å². The highest BCUT2D eigenvalue weighted by molar-refractivity contribution is 6.33. The van der Waals surface area contributed by atoms with Crippen molar-refractivity contribution in [2.75, 3.05) is 20.2 Å². The molecule has 1 aromatic heterocycles. The highest BCUT2D eigenvalue weighted by Crippen LogP contribution is 2.37. The number of aliphatic carboxylic acids is 1. The topological polar surface area (TPSA) is 115 Å². The van der Waals surface area contributed by atoms with Crippen LogP contribution in [0.5, 0.6) is 5.75 Å². The van der Waals surface area contributed by atoms with Crippen molar-refractivity contribution in [3.8, 4) is 39.7 Å². The number of nitrogens with two attached hydrogens (primary N) is 1. The van der Waals surface area contributed by atoms with E-state index in [0.717, 1.165) is 58.8 Å². The fourth-order valence-corrected chi connectivity index (χ4v) is 6.00. The summed E-state index contributed by atoms with van der Waals surface area (Å²) in [6.07, 6.45) is 1.73. The molecule has 0 atom stereocenters. The molecule has 8 nitrogen and oxygen atoms in total. The third-order valence-corrected chi connectivity index (χ3v) is 8.63. The molecule has 0 radical (unpaired) electrons. The number of hydrogen-bond acceptors (Lipinski definition) is 7. The normalized spacial score (nSPS) is 14.5. The van der Waals surface area contributed by atoms with Crippen LogP contribution in [0.1, 0.15) is 44.7 Å². The van der Waals surface area contributed by atoms with Gasteiger partial charge in [0.05, 0.1) is 12.5 Å². The number of hydrogen-bond donors (Lipinski definition) is 2. The Morgan fingerprint density at radius 2 is 1.52 bits per heavy atom. The van der Waals surface area contributed by atoms with Gasteiger partial charge in [-0.15, -0.1) is 0 Å². The second-order valence-electron chi connectivity index (χ2n) is 13.4. The van der Waals surface area contributed by atoms with Gasteiger partial charge in [-0.25, -0.2) is 0 Å². The molecule has 0 bridgehead atoms. The molecular formula is C39H43ClN4O4. The summed E-state index contributed by atoms with van der Waals surface area (Å²) in [5.41, 5.74) is 10.4. The van der Waals surface area contributed by atoms with Crippen LogP contribution in [0.25, 0.3) is 34.0 Å². The lowest BCUT2D eigenvalue weighted by Gasteiger charge is -2.39. The minimum absolute atomic E-state index is 0. The fraction of sp³-hybridized carbons (Fsp3) is 0.308. The SMILES string of the molecule is CC(C)(C)N.COc1ccc(CC2(C(=O)O)CCN(Cc3ccc(-c4noc(-c5ccc(-c6ccccc6)c(Cl)c5)n4)cc3)CC2)cc1. The zero-order valence-corrected chi connectivity index (χ0v) is 28.7. The van der Waals surface area contributed by atoms with Crippen molar-refractivity contribution in [2.45, 2.75) is 52.1 Å². The van der Waals surface area contributed by atoms with E-state index in [-0.39, 0.29) is 5.54 Å². The van der Waals surface area contributed by atoms with Crippen molar-refractivity contribution >= 4 is 17.6 Å². The molecule has 1 fully saturated rings. The van der Waals surface area contributed by atoms with Crippen LogP contribution in [0.2, 0.25) is 5.02 Å². The molecule has 4 aromatic carbocycles. The lowest BCUT2D eigenvalue weighted by atomic mass is 9.73. The highest BCUT2D eigenvalue weighted by atomic mass is 35.5. The molecule has 3 N–H and O–H groups in total. The number of carbonyl (C=O) groups is 1. The molecule has 1 saturated heterocycles. The molecule has 0 unspecified atom stereocenters. The molecule has 0 spiro atoms. The Balaban J connectivity index is 0.000000840. The summed E-state index contributed by atoms with van der Waals surface area (Å²) in [6, 6.07) is 31.5. The first-order valence-corrected chi connectivity index (χ1v) is 16.5. The summed E-state index contributed by atoms with van der Waals surface area (Å²) in [4.78, 5) is 19.3. The number of carboxylic acid groups (broad SMARTS) is 1. The van der Waals surface area contributed by atoms with Gasteiger partial charge in [0.2, 0.25) is 5.82 Å². The predicted octanol–water partition coefficient (Wildman–Crippen LogP) is 8.39. The molecule has 0 amide bonds. The monoisotopic (exact) mass is 666 g/mol. The Bertz CT molecular complexity index is 1790. The van der Waals surface area contributed by atoms with Crippen LogP contribution in [-0.4, -0.2) is 51.9 Å². The van der Waals surface area contributed by atoms with Gasteiger partial charge in [-0.05, 0) is 94.1 Å². The van der Waals surface area contributed by atoms with E-state index in [1.165, 1.54) is 0 Å². The van der Waals surface area contributed by atoms with Crippen molar-refractivity contribution in [3.05, 3.63) is 113 Å². The number of halogens is 1. The summed E-state index contributed by atoms with van der Waals surface area (Å²) in [5, 5.41) is 15.0. The highest BCUT2D eigenvalue weighted by Gasteiger charge is 2.41. The first-order chi connectivity index (χ1) is 22.9. The molecule has 0 aliphatic carbocycles. The Hall–Kier alpha value is -4.50. The minimum atomic E-state index is -0.753. The summed E-state index contributed by atoms with van der Waals surface area (Å²) >= 11 is 6.59. The largest absolute Gasteiger partial charge is 0.497 e. The number of nitrogens with zero attached hydrogens (tertiary/aromatic N) is 3. The number of aromatic nitrogens is 2. The van der Waals surface area contributed by atoms with Gasteiger partial charge in [-0.3, -0.25) is 9.69 Å². The molecule has 5 aromatic rings. The second-order valence-corrected chi connectivity index (χ2v) is 13.8. The average Bonchev–Trinajstić information content (AvgIpc) is 3.57. The van der Waals surface area contributed by atoms with E-state index in [9.17, 15) is 9.90 Å². The molecule has 0 saturated carbocycles. The summed E-state index contributed by atoms with van der Waals surface area (Å²) in [7, 11) is 1.63. The molecule has 9 heteroatoms. The van der Waals surface area contributed by atoms with E-state index in [1.54, 1.807) is 7.11 Å². The maximum absolute atomic E-state index is 12.4. The van der Waals surface area contributed by atoms with Gasteiger partial charge in [0, 0.05) is 33.8 Å². The molecule has 250 valence electrons. The van der Waals surface area contributed by atoms with Crippen molar-refractivity contribution in [2.24, 2.45) is 11.1 Å². The van der Waals surface area contributed by atoms with Gasteiger partial charge in [0.25, 0.3) is 5.89 Å². The number of methoxy groups -OCH3 is 1. The van der Waals surface area contributed by atoms with Crippen molar-refractivity contribution in [3.63, 3.8) is 0 Å². The van der Waals surface area contributed by atoms with Crippen LogP contribution >= 0.6 is 11.6 Å². The van der Waals surface area contributed by atoms with E-state index in [1.807, 2.05) is 106 Å². The number of piperidine rings is 1. The molecule has 2 heterocycles. The smallest absolute Gasteiger partial charge is 0.310 e. The van der Waals surface area contributed by atoms with Gasteiger partial charge < -0.3 is 20.1 Å². The molecule has 1 aliphatic rings. The number of ether oxygens (including phenoxy) is 1. The maximum atomic E-state index is 12.4. The minimum Gasteiger partial charge on any atom is -0.497 e.